The number of nitrogens with zero attached hydrogens (tertiary/aromatic N) is 4. The fraction of sp³-hybridized carbons (Fsp3) is 0.700. The van der Waals surface area contributed by atoms with Crippen LogP contribution in [0.5, 0.6) is 0 Å². The predicted octanol–water partition coefficient (Wildman–Crippen LogP) is 0.214. The van der Waals surface area contributed by atoms with E-state index >= 15 is 0 Å². The summed E-state index contributed by atoms with van der Waals surface area (Å²) < 4.78 is 1.61. The molecule has 0 saturated carbocycles. The first-order chi connectivity index (χ1) is 7.96. The zero-order chi connectivity index (χ0) is 12.5. The average Bonchev–Trinajstić information content (AvgIpc) is 2.62. The molecule has 0 unspecified atom stereocenters. The van der Waals surface area contributed by atoms with Gasteiger partial charge in [-0.25, -0.2) is 9.67 Å². The molecule has 17 heavy (non-hydrogen) atoms. The Bertz CT molecular complexity index is 417. The van der Waals surface area contributed by atoms with Crippen LogP contribution in [0.15, 0.2) is 6.33 Å². The summed E-state index contributed by atoms with van der Waals surface area (Å²) in [7, 11) is 0. The number of carbonyl (C=O) groups excluding carboxylic acids is 1. The Hall–Kier alpha value is -1.24. The van der Waals surface area contributed by atoms with Gasteiger partial charge in [0.05, 0.1) is 0 Å². The lowest BCUT2D eigenvalue weighted by Gasteiger charge is -2.37. The lowest BCUT2D eigenvalue weighted by atomic mass is 10.2. The van der Waals surface area contributed by atoms with E-state index < -0.39 is 0 Å². The maximum absolute atomic E-state index is 12.1. The molecule has 0 aromatic carbocycles. The van der Waals surface area contributed by atoms with Crippen molar-refractivity contribution in [1.29, 1.82) is 0 Å². The Morgan fingerprint density at radius 3 is 3.00 bits per heavy atom. The van der Waals surface area contributed by atoms with Gasteiger partial charge in [0.15, 0.2) is 0 Å². The minimum Gasteiger partial charge on any atom is -0.367 e. The number of anilines is 1. The molecule has 2 rings (SSSR count). The molecule has 1 aromatic heterocycles. The van der Waals surface area contributed by atoms with Crippen LogP contribution in [-0.2, 0) is 11.3 Å². The first-order valence-electron chi connectivity index (χ1n) is 5.53. The summed E-state index contributed by atoms with van der Waals surface area (Å²) in [5.74, 6) is 1.26. The zero-order valence-corrected chi connectivity index (χ0v) is 10.9. The van der Waals surface area contributed by atoms with E-state index in [-0.39, 0.29) is 23.1 Å². The number of aromatic nitrogens is 3. The number of nitrogen functional groups attached to an aromatic ring is 1. The van der Waals surface area contributed by atoms with Crippen molar-refractivity contribution in [2.24, 2.45) is 0 Å². The fourth-order valence-electron chi connectivity index (χ4n) is 1.85. The minimum absolute atomic E-state index is 0.0725. The van der Waals surface area contributed by atoms with Crippen LogP contribution < -0.4 is 5.73 Å². The van der Waals surface area contributed by atoms with Gasteiger partial charge >= 0.3 is 0 Å². The highest BCUT2D eigenvalue weighted by Crippen LogP contribution is 2.29. The second-order valence-electron chi connectivity index (χ2n) is 4.72. The van der Waals surface area contributed by atoms with E-state index in [0.29, 0.717) is 0 Å². The third-order valence-corrected chi connectivity index (χ3v) is 3.93. The quantitative estimate of drug-likeness (QED) is 0.817. The lowest BCUT2D eigenvalue weighted by molar-refractivity contribution is -0.132. The summed E-state index contributed by atoms with van der Waals surface area (Å²) in [6.07, 6.45) is 1.48. The van der Waals surface area contributed by atoms with Crippen molar-refractivity contribution in [3.8, 4) is 0 Å². The summed E-state index contributed by atoms with van der Waals surface area (Å²) in [6, 6.07) is 0. The van der Waals surface area contributed by atoms with Gasteiger partial charge in [-0.1, -0.05) is 0 Å². The Labute approximate surface area is 105 Å². The number of rotatable bonds is 2. The van der Waals surface area contributed by atoms with Crippen LogP contribution in [0.1, 0.15) is 13.8 Å². The van der Waals surface area contributed by atoms with Gasteiger partial charge in [-0.3, -0.25) is 4.79 Å². The average molecular weight is 255 g/mol. The van der Waals surface area contributed by atoms with Gasteiger partial charge in [-0.15, -0.1) is 5.10 Å². The van der Waals surface area contributed by atoms with Crippen LogP contribution >= 0.6 is 11.8 Å². The van der Waals surface area contributed by atoms with Gasteiger partial charge in [-0.05, 0) is 13.8 Å². The lowest BCUT2D eigenvalue weighted by Crippen LogP contribution is -2.47. The summed E-state index contributed by atoms with van der Waals surface area (Å²) in [6.45, 7) is 6.11. The maximum atomic E-state index is 12.1. The molecule has 1 fully saturated rings. The molecule has 1 aliphatic rings. The number of thioether (sulfide) groups is 1. The van der Waals surface area contributed by atoms with E-state index in [9.17, 15) is 4.79 Å². The van der Waals surface area contributed by atoms with E-state index in [2.05, 4.69) is 23.9 Å². The van der Waals surface area contributed by atoms with Gasteiger partial charge in [0.1, 0.15) is 12.9 Å². The molecule has 0 atom stereocenters. The van der Waals surface area contributed by atoms with Crippen LogP contribution in [0.3, 0.4) is 0 Å². The number of hydrogen-bond donors (Lipinski definition) is 1. The Kier molecular flexibility index (Phi) is 3.28. The standard InChI is InChI=1S/C10H17N5OS/c1-10(2)6-14(3-4-17-10)8(16)5-15-7-12-9(11)13-15/h7H,3-6H2,1-2H3,(H2,11,13). The molecule has 2 heterocycles. The zero-order valence-electron chi connectivity index (χ0n) is 10.1. The molecule has 7 heteroatoms. The predicted molar refractivity (Wildman–Crippen MR) is 67.6 cm³/mol. The molecule has 2 N–H and O–H groups in total. The molecule has 0 spiro atoms. The highest BCUT2D eigenvalue weighted by Gasteiger charge is 2.29. The number of carbonyl (C=O) groups is 1. The molecule has 1 aromatic rings. The van der Waals surface area contributed by atoms with Crippen molar-refractivity contribution in [1.82, 2.24) is 19.7 Å². The van der Waals surface area contributed by atoms with E-state index in [1.54, 1.807) is 0 Å². The van der Waals surface area contributed by atoms with Crippen LogP contribution in [0.4, 0.5) is 5.95 Å². The van der Waals surface area contributed by atoms with E-state index in [1.807, 2.05) is 16.7 Å². The Morgan fingerprint density at radius 1 is 1.65 bits per heavy atom. The van der Waals surface area contributed by atoms with Crippen molar-refractivity contribution in [2.75, 3.05) is 24.6 Å². The molecule has 1 aliphatic heterocycles. The van der Waals surface area contributed by atoms with Gasteiger partial charge in [0, 0.05) is 23.6 Å². The molecule has 0 radical (unpaired) electrons. The van der Waals surface area contributed by atoms with Crippen molar-refractivity contribution in [2.45, 2.75) is 25.1 Å². The molecular weight excluding hydrogens is 238 g/mol. The fourth-order valence-corrected chi connectivity index (χ4v) is 2.96. The third kappa shape index (κ3) is 3.12. The SMILES string of the molecule is CC1(C)CN(C(=O)Cn2cnc(N)n2)CCS1. The summed E-state index contributed by atoms with van der Waals surface area (Å²) in [5, 5.41) is 3.91. The van der Waals surface area contributed by atoms with E-state index in [1.165, 1.54) is 11.0 Å². The number of amides is 1. The van der Waals surface area contributed by atoms with Crippen molar-refractivity contribution in [3.63, 3.8) is 0 Å². The molecule has 1 amide bonds. The van der Waals surface area contributed by atoms with Crippen molar-refractivity contribution >= 4 is 23.6 Å². The van der Waals surface area contributed by atoms with Gasteiger partial charge in [-0.2, -0.15) is 11.8 Å². The van der Waals surface area contributed by atoms with Gasteiger partial charge in [0.2, 0.25) is 11.9 Å². The Morgan fingerprint density at radius 2 is 2.41 bits per heavy atom. The van der Waals surface area contributed by atoms with Gasteiger partial charge in [0.25, 0.3) is 0 Å². The normalized spacial score (nSPS) is 19.3. The second kappa shape index (κ2) is 4.56. The van der Waals surface area contributed by atoms with Crippen LogP contribution in [-0.4, -0.2) is 49.2 Å². The highest BCUT2D eigenvalue weighted by atomic mass is 32.2. The highest BCUT2D eigenvalue weighted by molar-refractivity contribution is 8.00. The summed E-state index contributed by atoms with van der Waals surface area (Å²) in [4.78, 5) is 17.7. The van der Waals surface area contributed by atoms with E-state index in [0.717, 1.165) is 18.8 Å². The first kappa shape index (κ1) is 12.2. The smallest absolute Gasteiger partial charge is 0.244 e. The van der Waals surface area contributed by atoms with E-state index in [4.69, 9.17) is 5.73 Å². The monoisotopic (exact) mass is 255 g/mol. The number of nitrogens with two attached hydrogens (primary N) is 1. The largest absolute Gasteiger partial charge is 0.367 e. The minimum atomic E-state index is 0.0725. The first-order valence-corrected chi connectivity index (χ1v) is 6.51. The Balaban J connectivity index is 1.96. The maximum Gasteiger partial charge on any atom is 0.244 e. The van der Waals surface area contributed by atoms with Crippen LogP contribution in [0, 0.1) is 0 Å². The molecular formula is C10H17N5OS. The topological polar surface area (TPSA) is 77.0 Å². The van der Waals surface area contributed by atoms with Crippen molar-refractivity contribution in [3.05, 3.63) is 6.33 Å². The van der Waals surface area contributed by atoms with Crippen LogP contribution in [0.25, 0.3) is 0 Å². The molecule has 94 valence electrons. The second-order valence-corrected chi connectivity index (χ2v) is 6.53. The summed E-state index contributed by atoms with van der Waals surface area (Å²) >= 11 is 1.90. The van der Waals surface area contributed by atoms with Crippen molar-refractivity contribution < 1.29 is 4.79 Å². The van der Waals surface area contributed by atoms with Crippen LogP contribution in [0.2, 0.25) is 0 Å². The molecule has 6 nitrogen and oxygen atoms in total. The molecule has 0 aliphatic carbocycles. The summed E-state index contributed by atoms with van der Waals surface area (Å²) in [5.41, 5.74) is 5.40. The number of hydrogen-bond acceptors (Lipinski definition) is 5. The molecule has 0 bridgehead atoms. The third-order valence-electron chi connectivity index (χ3n) is 2.63. The molecule has 1 saturated heterocycles. The van der Waals surface area contributed by atoms with Gasteiger partial charge < -0.3 is 10.6 Å².